The zero-order chi connectivity index (χ0) is 25.1. The van der Waals surface area contributed by atoms with Crippen molar-refractivity contribution in [2.75, 3.05) is 0 Å². The minimum atomic E-state index is -0.474. The summed E-state index contributed by atoms with van der Waals surface area (Å²) in [4.78, 5) is 10.1. The fourth-order valence-corrected chi connectivity index (χ4v) is 5.97. The number of aliphatic hydroxyl groups excluding tert-OH is 1. The number of aliphatic imine (C=N–C) groups is 2. The first-order valence-electron chi connectivity index (χ1n) is 14.2. The predicted octanol–water partition coefficient (Wildman–Crippen LogP) is 6.55. The van der Waals surface area contributed by atoms with Crippen molar-refractivity contribution >= 4 is 11.4 Å². The van der Waals surface area contributed by atoms with Crippen LogP contribution in [0.2, 0.25) is 0 Å². The zero-order valence-corrected chi connectivity index (χ0v) is 23.1. The lowest BCUT2D eigenvalue weighted by Gasteiger charge is -2.41. The average Bonchev–Trinajstić information content (AvgIpc) is 2.81. The molecule has 0 bridgehead atoms. The van der Waals surface area contributed by atoms with E-state index in [4.69, 9.17) is 15.7 Å². The second-order valence-electron chi connectivity index (χ2n) is 11.3. The summed E-state index contributed by atoms with van der Waals surface area (Å²) >= 11 is 0. The summed E-state index contributed by atoms with van der Waals surface area (Å²) in [5, 5.41) is 13.3. The number of nitrogens with zero attached hydrogens (tertiary/aromatic N) is 2. The molecule has 1 heterocycles. The van der Waals surface area contributed by atoms with Crippen molar-refractivity contribution < 1.29 is 5.11 Å². The lowest BCUT2D eigenvalue weighted by molar-refractivity contribution is 0.123. The Kier molecular flexibility index (Phi) is 12.5. The van der Waals surface area contributed by atoms with E-state index in [0.717, 1.165) is 37.3 Å². The molecule has 4 N–H and O–H groups in total. The molecular weight excluding hydrogens is 420 g/mol. The first kappa shape index (κ1) is 29.2. The minimum Gasteiger partial charge on any atom is -0.378 e. The number of hydrogen-bond acceptors (Lipinski definition) is 5. The SMILES string of the molecule is CCCCC(C)(CCCC)C1CCC(=NC(C)N=C(CC(C)N)C2=CCC(O)NC2CC)CC1. The molecule has 1 aliphatic heterocycles. The van der Waals surface area contributed by atoms with Crippen LogP contribution in [0.5, 0.6) is 0 Å². The number of hydrogen-bond donors (Lipinski definition) is 3. The molecule has 0 saturated heterocycles. The Labute approximate surface area is 210 Å². The van der Waals surface area contributed by atoms with Gasteiger partial charge in [-0.15, -0.1) is 0 Å². The average molecular weight is 475 g/mol. The van der Waals surface area contributed by atoms with Gasteiger partial charge in [0, 0.05) is 36.3 Å². The van der Waals surface area contributed by atoms with Gasteiger partial charge < -0.3 is 10.8 Å². The van der Waals surface area contributed by atoms with Gasteiger partial charge in [0.15, 0.2) is 0 Å². The molecule has 0 aromatic heterocycles. The van der Waals surface area contributed by atoms with E-state index in [2.05, 4.69) is 46.0 Å². The molecular formula is C29H54N4O. The van der Waals surface area contributed by atoms with Crippen LogP contribution in [-0.2, 0) is 0 Å². The van der Waals surface area contributed by atoms with Gasteiger partial charge in [0.2, 0.25) is 0 Å². The molecule has 196 valence electrons. The van der Waals surface area contributed by atoms with E-state index >= 15 is 0 Å². The molecule has 1 aliphatic carbocycles. The molecule has 0 aromatic carbocycles. The Morgan fingerprint density at radius 2 is 1.76 bits per heavy atom. The van der Waals surface area contributed by atoms with Crippen molar-refractivity contribution in [3.8, 4) is 0 Å². The molecule has 2 aliphatic rings. The lowest BCUT2D eigenvalue weighted by atomic mass is 9.65. The molecule has 1 fully saturated rings. The molecule has 4 unspecified atom stereocenters. The van der Waals surface area contributed by atoms with E-state index in [1.807, 2.05) is 6.92 Å². The van der Waals surface area contributed by atoms with Crippen molar-refractivity contribution in [3.63, 3.8) is 0 Å². The van der Waals surface area contributed by atoms with Crippen LogP contribution in [0.15, 0.2) is 21.6 Å². The molecule has 2 rings (SSSR count). The second-order valence-corrected chi connectivity index (χ2v) is 11.3. The molecule has 0 amide bonds. The fourth-order valence-electron chi connectivity index (χ4n) is 5.97. The predicted molar refractivity (Wildman–Crippen MR) is 148 cm³/mol. The number of nitrogens with two attached hydrogens (primary N) is 1. The molecule has 1 saturated carbocycles. The van der Waals surface area contributed by atoms with Gasteiger partial charge in [-0.3, -0.25) is 15.3 Å². The van der Waals surface area contributed by atoms with E-state index in [0.29, 0.717) is 11.8 Å². The van der Waals surface area contributed by atoms with Crippen LogP contribution >= 0.6 is 0 Å². The zero-order valence-electron chi connectivity index (χ0n) is 23.1. The van der Waals surface area contributed by atoms with E-state index in [9.17, 15) is 5.11 Å². The molecule has 4 atom stereocenters. The Morgan fingerprint density at radius 1 is 1.15 bits per heavy atom. The second kappa shape index (κ2) is 14.5. The van der Waals surface area contributed by atoms with Gasteiger partial charge in [0.1, 0.15) is 12.4 Å². The summed E-state index contributed by atoms with van der Waals surface area (Å²) in [7, 11) is 0. The highest BCUT2D eigenvalue weighted by molar-refractivity contribution is 6.02. The normalized spacial score (nSPS) is 26.2. The highest BCUT2D eigenvalue weighted by Crippen LogP contribution is 2.45. The van der Waals surface area contributed by atoms with Gasteiger partial charge in [0.25, 0.3) is 0 Å². The topological polar surface area (TPSA) is 83.0 Å². The maximum Gasteiger partial charge on any atom is 0.137 e. The highest BCUT2D eigenvalue weighted by atomic mass is 16.3. The van der Waals surface area contributed by atoms with Gasteiger partial charge in [-0.05, 0) is 75.7 Å². The van der Waals surface area contributed by atoms with Gasteiger partial charge in [-0.1, -0.05) is 59.5 Å². The minimum absolute atomic E-state index is 0.0446. The number of unbranched alkanes of at least 4 members (excludes halogenated alkanes) is 2. The van der Waals surface area contributed by atoms with Crippen LogP contribution in [0.25, 0.3) is 0 Å². The summed E-state index contributed by atoms with van der Waals surface area (Å²) in [5.41, 5.74) is 10.3. The number of nitrogens with one attached hydrogen (secondary N) is 1. The molecule has 5 nitrogen and oxygen atoms in total. The third-order valence-electron chi connectivity index (χ3n) is 8.05. The van der Waals surface area contributed by atoms with Crippen LogP contribution in [-0.4, -0.2) is 41.0 Å². The van der Waals surface area contributed by atoms with Crippen LogP contribution in [0.3, 0.4) is 0 Å². The van der Waals surface area contributed by atoms with Crippen molar-refractivity contribution in [2.24, 2.45) is 27.1 Å². The monoisotopic (exact) mass is 474 g/mol. The number of rotatable bonds is 13. The van der Waals surface area contributed by atoms with E-state index in [1.54, 1.807) is 0 Å². The fraction of sp³-hybridized carbons (Fsp3) is 0.862. The van der Waals surface area contributed by atoms with Crippen LogP contribution in [0.4, 0.5) is 0 Å². The quantitative estimate of drug-likeness (QED) is 0.265. The molecule has 0 aromatic rings. The Morgan fingerprint density at radius 3 is 2.29 bits per heavy atom. The summed E-state index contributed by atoms with van der Waals surface area (Å²) in [6.45, 7) is 13.5. The third kappa shape index (κ3) is 8.87. The maximum absolute atomic E-state index is 10.0. The van der Waals surface area contributed by atoms with Gasteiger partial charge in [0.05, 0.1) is 0 Å². The Balaban J connectivity index is 2.09. The summed E-state index contributed by atoms with van der Waals surface area (Å²) < 4.78 is 0. The first-order chi connectivity index (χ1) is 16.2. The Hall–Kier alpha value is -1.04. The van der Waals surface area contributed by atoms with E-state index in [-0.39, 0.29) is 18.2 Å². The van der Waals surface area contributed by atoms with E-state index < -0.39 is 6.23 Å². The lowest BCUT2D eigenvalue weighted by Crippen LogP contribution is -2.44. The van der Waals surface area contributed by atoms with Gasteiger partial charge >= 0.3 is 0 Å². The molecule has 0 spiro atoms. The summed E-state index contributed by atoms with van der Waals surface area (Å²) in [6.07, 6.45) is 16.7. The highest BCUT2D eigenvalue weighted by Gasteiger charge is 2.35. The van der Waals surface area contributed by atoms with Gasteiger partial charge in [-0.25, -0.2) is 0 Å². The third-order valence-corrected chi connectivity index (χ3v) is 8.05. The van der Waals surface area contributed by atoms with Crippen molar-refractivity contribution in [1.82, 2.24) is 5.32 Å². The van der Waals surface area contributed by atoms with Crippen LogP contribution in [0, 0.1) is 11.3 Å². The van der Waals surface area contributed by atoms with Crippen molar-refractivity contribution in [2.45, 2.75) is 149 Å². The molecule has 34 heavy (non-hydrogen) atoms. The first-order valence-corrected chi connectivity index (χ1v) is 14.2. The van der Waals surface area contributed by atoms with Gasteiger partial charge in [-0.2, -0.15) is 0 Å². The van der Waals surface area contributed by atoms with Crippen molar-refractivity contribution in [1.29, 1.82) is 0 Å². The van der Waals surface area contributed by atoms with Crippen molar-refractivity contribution in [3.05, 3.63) is 11.6 Å². The van der Waals surface area contributed by atoms with Crippen LogP contribution < -0.4 is 11.1 Å². The summed E-state index contributed by atoms with van der Waals surface area (Å²) in [5.74, 6) is 0.826. The molecule has 5 heteroatoms. The largest absolute Gasteiger partial charge is 0.378 e. The van der Waals surface area contributed by atoms with E-state index in [1.165, 1.54) is 62.7 Å². The maximum atomic E-state index is 10.0. The molecule has 0 radical (unpaired) electrons. The Bertz CT molecular complexity index is 678. The number of aliphatic hydroxyl groups is 1. The standard InChI is InChI=1S/C29H54N4O/c1-7-10-18-29(6,19-11-8-2)23-12-14-24(15-13-23)31-22(5)32-27(20-21(4)30)25-16-17-28(34)33-26(25)9-3/h16,21-23,26,28,33-34H,7-15,17-20,30H2,1-6H3. The van der Waals surface area contributed by atoms with Crippen LogP contribution in [0.1, 0.15) is 125 Å². The smallest absolute Gasteiger partial charge is 0.137 e. The summed E-state index contributed by atoms with van der Waals surface area (Å²) in [6, 6.07) is 0.170.